The molecule has 0 aliphatic heterocycles. The Hall–Kier alpha value is -2.05. The zero-order valence-corrected chi connectivity index (χ0v) is 13.2. The number of thiazole rings is 1. The van der Waals surface area contributed by atoms with Crippen LogP contribution in [0.3, 0.4) is 0 Å². The van der Waals surface area contributed by atoms with E-state index >= 15 is 0 Å². The largest absolute Gasteiger partial charge is 0.297 e. The van der Waals surface area contributed by atoms with E-state index in [1.165, 1.54) is 22.7 Å². The molecule has 4 nitrogen and oxygen atoms in total. The average Bonchev–Trinajstić information content (AvgIpc) is 3.08. The van der Waals surface area contributed by atoms with E-state index in [0.29, 0.717) is 10.0 Å². The lowest BCUT2D eigenvalue weighted by molar-refractivity contribution is 0.103. The molecule has 106 valence electrons. The molecule has 0 atom stereocenters. The highest BCUT2D eigenvalue weighted by Gasteiger charge is 2.13. The van der Waals surface area contributed by atoms with Gasteiger partial charge < -0.3 is 0 Å². The van der Waals surface area contributed by atoms with Crippen LogP contribution >= 0.6 is 22.7 Å². The second kappa shape index (κ2) is 5.75. The van der Waals surface area contributed by atoms with Gasteiger partial charge in [-0.2, -0.15) is 0 Å². The molecule has 3 rings (SSSR count). The maximum atomic E-state index is 12.2. The van der Waals surface area contributed by atoms with Gasteiger partial charge in [-0.3, -0.25) is 15.1 Å². The van der Waals surface area contributed by atoms with Crippen molar-refractivity contribution in [1.82, 2.24) is 9.97 Å². The molecule has 0 fully saturated rings. The zero-order valence-electron chi connectivity index (χ0n) is 11.6. The number of pyridine rings is 1. The first kappa shape index (κ1) is 13.9. The molecule has 0 aliphatic carbocycles. The van der Waals surface area contributed by atoms with Gasteiger partial charge in [0.15, 0.2) is 5.13 Å². The predicted molar refractivity (Wildman–Crippen MR) is 87.1 cm³/mol. The number of aromatic nitrogens is 2. The molecular formula is C15H13N3OS2. The Kier molecular flexibility index (Phi) is 3.81. The lowest BCUT2D eigenvalue weighted by atomic mass is 10.2. The summed E-state index contributed by atoms with van der Waals surface area (Å²) in [6, 6.07) is 5.72. The number of nitrogens with one attached hydrogen (secondary N) is 1. The zero-order chi connectivity index (χ0) is 14.8. The minimum Gasteiger partial charge on any atom is -0.297 e. The van der Waals surface area contributed by atoms with Gasteiger partial charge in [-0.05, 0) is 37.6 Å². The Bertz CT molecular complexity index is 758. The van der Waals surface area contributed by atoms with Gasteiger partial charge >= 0.3 is 0 Å². The number of nitrogens with zero attached hydrogens (tertiary/aromatic N) is 2. The molecule has 0 spiro atoms. The van der Waals surface area contributed by atoms with Crippen molar-refractivity contribution in [2.45, 2.75) is 13.8 Å². The van der Waals surface area contributed by atoms with E-state index in [9.17, 15) is 4.79 Å². The Morgan fingerprint density at radius 2 is 2.19 bits per heavy atom. The van der Waals surface area contributed by atoms with Crippen molar-refractivity contribution in [2.75, 3.05) is 5.32 Å². The Morgan fingerprint density at radius 1 is 1.33 bits per heavy atom. The Morgan fingerprint density at radius 3 is 2.86 bits per heavy atom. The van der Waals surface area contributed by atoms with E-state index in [0.717, 1.165) is 21.7 Å². The lowest BCUT2D eigenvalue weighted by Crippen LogP contribution is -2.09. The summed E-state index contributed by atoms with van der Waals surface area (Å²) in [5, 5.41) is 5.36. The van der Waals surface area contributed by atoms with Crippen molar-refractivity contribution in [3.05, 3.63) is 51.3 Å². The van der Waals surface area contributed by atoms with Crippen LogP contribution in [-0.2, 0) is 0 Å². The summed E-state index contributed by atoms with van der Waals surface area (Å²) >= 11 is 2.91. The SMILES string of the molecule is Cc1cc(C(=O)Nc2nc(-c3cccnc3)cs2)sc1C. The fourth-order valence-corrected chi connectivity index (χ4v) is 3.47. The summed E-state index contributed by atoms with van der Waals surface area (Å²) < 4.78 is 0. The quantitative estimate of drug-likeness (QED) is 0.790. The summed E-state index contributed by atoms with van der Waals surface area (Å²) in [7, 11) is 0. The smallest absolute Gasteiger partial charge is 0.267 e. The van der Waals surface area contributed by atoms with Crippen LogP contribution in [0.5, 0.6) is 0 Å². The molecule has 1 N–H and O–H groups in total. The summed E-state index contributed by atoms with van der Waals surface area (Å²) in [6.45, 7) is 4.02. The van der Waals surface area contributed by atoms with E-state index in [1.54, 1.807) is 12.4 Å². The van der Waals surface area contributed by atoms with Crippen molar-refractivity contribution in [2.24, 2.45) is 0 Å². The van der Waals surface area contributed by atoms with Crippen LogP contribution in [0.1, 0.15) is 20.1 Å². The number of carbonyl (C=O) groups excluding carboxylic acids is 1. The van der Waals surface area contributed by atoms with Crippen molar-refractivity contribution < 1.29 is 4.79 Å². The van der Waals surface area contributed by atoms with Gasteiger partial charge in [-0.1, -0.05) is 0 Å². The molecule has 3 aromatic rings. The molecule has 0 radical (unpaired) electrons. The van der Waals surface area contributed by atoms with E-state index in [1.807, 2.05) is 37.4 Å². The minimum absolute atomic E-state index is 0.108. The van der Waals surface area contributed by atoms with Gasteiger partial charge in [0.1, 0.15) is 0 Å². The molecule has 0 saturated heterocycles. The molecule has 0 bridgehead atoms. The fourth-order valence-electron chi connectivity index (χ4n) is 1.82. The van der Waals surface area contributed by atoms with Crippen LogP contribution in [0.4, 0.5) is 5.13 Å². The van der Waals surface area contributed by atoms with Crippen LogP contribution < -0.4 is 5.32 Å². The highest BCUT2D eigenvalue weighted by Crippen LogP contribution is 2.26. The summed E-state index contributed by atoms with van der Waals surface area (Å²) in [5.41, 5.74) is 2.90. The molecular weight excluding hydrogens is 302 g/mol. The van der Waals surface area contributed by atoms with Gasteiger partial charge in [0.2, 0.25) is 0 Å². The summed E-state index contributed by atoms with van der Waals surface area (Å²) in [4.78, 5) is 22.5. The first-order valence-electron chi connectivity index (χ1n) is 6.38. The second-order valence-corrected chi connectivity index (χ2v) is 6.70. The van der Waals surface area contributed by atoms with Gasteiger partial charge in [-0.15, -0.1) is 22.7 Å². The number of hydrogen-bond acceptors (Lipinski definition) is 5. The molecule has 3 heterocycles. The highest BCUT2D eigenvalue weighted by atomic mass is 32.1. The highest BCUT2D eigenvalue weighted by molar-refractivity contribution is 7.15. The van der Waals surface area contributed by atoms with Gasteiger partial charge in [0, 0.05) is 28.2 Å². The predicted octanol–water partition coefficient (Wildman–Crippen LogP) is 4.14. The molecule has 0 saturated carbocycles. The topological polar surface area (TPSA) is 54.9 Å². The molecule has 0 aromatic carbocycles. The minimum atomic E-state index is -0.108. The number of hydrogen-bond donors (Lipinski definition) is 1. The third-order valence-corrected chi connectivity index (χ3v) is 4.98. The van der Waals surface area contributed by atoms with Gasteiger partial charge in [0.25, 0.3) is 5.91 Å². The van der Waals surface area contributed by atoms with E-state index in [-0.39, 0.29) is 5.91 Å². The number of anilines is 1. The van der Waals surface area contributed by atoms with Crippen LogP contribution in [-0.4, -0.2) is 15.9 Å². The van der Waals surface area contributed by atoms with Gasteiger partial charge in [0.05, 0.1) is 10.6 Å². The van der Waals surface area contributed by atoms with Gasteiger partial charge in [-0.25, -0.2) is 4.98 Å². The lowest BCUT2D eigenvalue weighted by Gasteiger charge is -1.98. The molecule has 21 heavy (non-hydrogen) atoms. The number of carbonyl (C=O) groups is 1. The fraction of sp³-hybridized carbons (Fsp3) is 0.133. The second-order valence-electron chi connectivity index (χ2n) is 4.58. The molecule has 0 unspecified atom stereocenters. The third-order valence-electron chi connectivity index (χ3n) is 3.07. The third kappa shape index (κ3) is 3.01. The first-order valence-corrected chi connectivity index (χ1v) is 8.07. The maximum absolute atomic E-state index is 12.2. The summed E-state index contributed by atoms with van der Waals surface area (Å²) in [6.07, 6.45) is 3.48. The number of amides is 1. The van der Waals surface area contributed by atoms with Crippen molar-refractivity contribution in [3.63, 3.8) is 0 Å². The molecule has 3 aromatic heterocycles. The molecule has 6 heteroatoms. The van der Waals surface area contributed by atoms with Crippen LogP contribution in [0.25, 0.3) is 11.3 Å². The van der Waals surface area contributed by atoms with Crippen LogP contribution in [0, 0.1) is 13.8 Å². The molecule has 1 amide bonds. The van der Waals surface area contributed by atoms with Crippen LogP contribution in [0.2, 0.25) is 0 Å². The normalized spacial score (nSPS) is 10.6. The maximum Gasteiger partial charge on any atom is 0.267 e. The van der Waals surface area contributed by atoms with Crippen molar-refractivity contribution in [3.8, 4) is 11.3 Å². The number of rotatable bonds is 3. The van der Waals surface area contributed by atoms with Crippen molar-refractivity contribution >= 4 is 33.7 Å². The number of thiophene rings is 1. The summed E-state index contributed by atoms with van der Waals surface area (Å²) in [5.74, 6) is -0.108. The van der Waals surface area contributed by atoms with E-state index in [4.69, 9.17) is 0 Å². The first-order chi connectivity index (χ1) is 10.1. The average molecular weight is 315 g/mol. The van der Waals surface area contributed by atoms with E-state index < -0.39 is 0 Å². The Balaban J connectivity index is 1.77. The van der Waals surface area contributed by atoms with Crippen molar-refractivity contribution in [1.29, 1.82) is 0 Å². The number of aryl methyl sites for hydroxylation is 2. The van der Waals surface area contributed by atoms with Crippen LogP contribution in [0.15, 0.2) is 36.0 Å². The monoisotopic (exact) mass is 315 g/mol. The standard InChI is InChI=1S/C15H13N3OS2/c1-9-6-13(21-10(9)2)14(19)18-15-17-12(8-20-15)11-4-3-5-16-7-11/h3-8H,1-2H3,(H,17,18,19). The molecule has 0 aliphatic rings. The van der Waals surface area contributed by atoms with E-state index in [2.05, 4.69) is 15.3 Å². The Labute approximate surface area is 130 Å².